The molecule has 1 heterocycles. The van der Waals surface area contributed by atoms with E-state index in [9.17, 15) is 4.79 Å². The average Bonchev–Trinajstić information content (AvgIpc) is 3.04. The van der Waals surface area contributed by atoms with Crippen molar-refractivity contribution >= 4 is 41.3 Å². The fraction of sp³-hybridized carbons (Fsp3) is 0.211. The molecule has 0 fully saturated rings. The highest BCUT2D eigenvalue weighted by atomic mass is 35.5. The van der Waals surface area contributed by atoms with Gasteiger partial charge in [-0.1, -0.05) is 35.3 Å². The zero-order valence-electron chi connectivity index (χ0n) is 15.1. The highest BCUT2D eigenvalue weighted by molar-refractivity contribution is 7.71. The van der Waals surface area contributed by atoms with Crippen molar-refractivity contribution in [1.82, 2.24) is 19.7 Å². The molecule has 3 rings (SSSR count). The summed E-state index contributed by atoms with van der Waals surface area (Å²) in [6.45, 7) is 0.800. The maximum atomic E-state index is 12.6. The third-order valence-corrected chi connectivity index (χ3v) is 4.98. The van der Waals surface area contributed by atoms with Crippen LogP contribution >= 0.6 is 35.4 Å². The Kier molecular flexibility index (Phi) is 6.72. The topological polar surface area (TPSA) is 63.1 Å². The summed E-state index contributed by atoms with van der Waals surface area (Å²) < 4.78 is 7.67. The van der Waals surface area contributed by atoms with Gasteiger partial charge in [-0.15, -0.1) is 0 Å². The minimum Gasteiger partial charge on any atom is -0.490 e. The standard InChI is InChI=1S/C19H18Cl2N4O2S/c1-24(10-11-27-16-5-3-2-4-15(16)21)17(26)12-25-18(22-23-19(25)28)13-6-8-14(20)9-7-13/h2-9H,10-12H2,1H3,(H,23,28). The molecule has 2 aromatic carbocycles. The van der Waals surface area contributed by atoms with E-state index in [0.29, 0.717) is 39.5 Å². The number of amides is 1. The van der Waals surface area contributed by atoms with Gasteiger partial charge < -0.3 is 9.64 Å². The molecule has 0 saturated carbocycles. The van der Waals surface area contributed by atoms with Crippen molar-refractivity contribution in [2.45, 2.75) is 6.54 Å². The highest BCUT2D eigenvalue weighted by Crippen LogP contribution is 2.23. The van der Waals surface area contributed by atoms with Crippen molar-refractivity contribution in [3.8, 4) is 17.1 Å². The van der Waals surface area contributed by atoms with Gasteiger partial charge in [-0.05, 0) is 48.6 Å². The summed E-state index contributed by atoms with van der Waals surface area (Å²) in [5, 5.41) is 8.13. The highest BCUT2D eigenvalue weighted by Gasteiger charge is 2.15. The number of carbonyl (C=O) groups excluding carboxylic acids is 1. The number of H-pyrrole nitrogens is 1. The van der Waals surface area contributed by atoms with Crippen LogP contribution in [0.5, 0.6) is 5.75 Å². The zero-order chi connectivity index (χ0) is 20.1. The van der Waals surface area contributed by atoms with Crippen LogP contribution in [-0.4, -0.2) is 45.8 Å². The SMILES string of the molecule is CN(CCOc1ccccc1Cl)C(=O)Cn1c(-c2ccc(Cl)cc2)n[nH]c1=S. The molecule has 1 N–H and O–H groups in total. The van der Waals surface area contributed by atoms with Gasteiger partial charge in [0.1, 0.15) is 18.9 Å². The quantitative estimate of drug-likeness (QED) is 0.555. The van der Waals surface area contributed by atoms with E-state index in [1.54, 1.807) is 40.8 Å². The minimum absolute atomic E-state index is 0.0654. The van der Waals surface area contributed by atoms with E-state index in [1.165, 1.54) is 0 Å². The number of carbonyl (C=O) groups is 1. The van der Waals surface area contributed by atoms with Crippen molar-refractivity contribution in [1.29, 1.82) is 0 Å². The molecule has 0 unspecified atom stereocenters. The molecule has 0 radical (unpaired) electrons. The number of rotatable bonds is 7. The van der Waals surface area contributed by atoms with Crippen LogP contribution in [0.2, 0.25) is 10.0 Å². The smallest absolute Gasteiger partial charge is 0.242 e. The van der Waals surface area contributed by atoms with Gasteiger partial charge in [0.2, 0.25) is 5.91 Å². The van der Waals surface area contributed by atoms with Crippen LogP contribution < -0.4 is 4.74 Å². The molecular formula is C19H18Cl2N4O2S. The molecule has 28 heavy (non-hydrogen) atoms. The first kappa shape index (κ1) is 20.4. The Morgan fingerprint density at radius 3 is 2.64 bits per heavy atom. The van der Waals surface area contributed by atoms with E-state index < -0.39 is 0 Å². The molecule has 9 heteroatoms. The maximum Gasteiger partial charge on any atom is 0.242 e. The molecule has 0 atom stereocenters. The maximum absolute atomic E-state index is 12.6. The fourth-order valence-corrected chi connectivity index (χ4v) is 3.03. The number of aromatic nitrogens is 3. The van der Waals surface area contributed by atoms with Crippen LogP contribution in [0.1, 0.15) is 0 Å². The Balaban J connectivity index is 1.63. The van der Waals surface area contributed by atoms with E-state index >= 15 is 0 Å². The molecule has 0 aliphatic carbocycles. The summed E-state index contributed by atoms with van der Waals surface area (Å²) in [4.78, 5) is 14.2. The lowest BCUT2D eigenvalue weighted by Crippen LogP contribution is -2.33. The molecular weight excluding hydrogens is 419 g/mol. The molecule has 0 aliphatic heterocycles. The number of aromatic amines is 1. The van der Waals surface area contributed by atoms with Gasteiger partial charge in [0.15, 0.2) is 10.6 Å². The van der Waals surface area contributed by atoms with Crippen LogP contribution in [0.3, 0.4) is 0 Å². The van der Waals surface area contributed by atoms with Gasteiger partial charge >= 0.3 is 0 Å². The van der Waals surface area contributed by atoms with Crippen molar-refractivity contribution in [3.05, 3.63) is 63.3 Å². The Hall–Kier alpha value is -2.35. The predicted octanol–water partition coefficient (Wildman–Crippen LogP) is 4.45. The first-order chi connectivity index (χ1) is 13.5. The molecule has 0 spiro atoms. The fourth-order valence-electron chi connectivity index (χ4n) is 2.52. The van der Waals surface area contributed by atoms with Gasteiger partial charge in [0.05, 0.1) is 11.6 Å². The average molecular weight is 437 g/mol. The Labute approximate surface area is 177 Å². The number of hydrogen-bond acceptors (Lipinski definition) is 4. The summed E-state index contributed by atoms with van der Waals surface area (Å²) in [5.74, 6) is 1.05. The van der Waals surface area contributed by atoms with E-state index in [1.807, 2.05) is 24.3 Å². The summed E-state index contributed by atoms with van der Waals surface area (Å²) in [6.07, 6.45) is 0. The van der Waals surface area contributed by atoms with E-state index in [2.05, 4.69) is 10.2 Å². The normalized spacial score (nSPS) is 10.7. The lowest BCUT2D eigenvalue weighted by molar-refractivity contribution is -0.130. The number of hydrogen-bond donors (Lipinski definition) is 1. The molecule has 0 saturated heterocycles. The van der Waals surface area contributed by atoms with Gasteiger partial charge in [0.25, 0.3) is 0 Å². The third kappa shape index (κ3) is 4.92. The molecule has 1 amide bonds. The Morgan fingerprint density at radius 1 is 1.21 bits per heavy atom. The van der Waals surface area contributed by atoms with E-state index in [-0.39, 0.29) is 12.5 Å². The van der Waals surface area contributed by atoms with Crippen LogP contribution in [0.15, 0.2) is 48.5 Å². The van der Waals surface area contributed by atoms with Crippen LogP contribution in [0, 0.1) is 4.77 Å². The second kappa shape index (κ2) is 9.23. The summed E-state index contributed by atoms with van der Waals surface area (Å²) in [7, 11) is 1.71. The molecule has 1 aromatic heterocycles. The van der Waals surface area contributed by atoms with Gasteiger partial charge in [-0.25, -0.2) is 0 Å². The van der Waals surface area contributed by atoms with Crippen molar-refractivity contribution < 1.29 is 9.53 Å². The number of likely N-dealkylation sites (N-methyl/N-ethyl adjacent to an activating group) is 1. The lowest BCUT2D eigenvalue weighted by Gasteiger charge is -2.18. The largest absolute Gasteiger partial charge is 0.490 e. The van der Waals surface area contributed by atoms with Crippen molar-refractivity contribution in [2.24, 2.45) is 0 Å². The lowest BCUT2D eigenvalue weighted by atomic mass is 10.2. The number of ether oxygens (including phenoxy) is 1. The third-order valence-electron chi connectivity index (χ3n) is 4.10. The Morgan fingerprint density at radius 2 is 1.93 bits per heavy atom. The van der Waals surface area contributed by atoms with Crippen molar-refractivity contribution in [2.75, 3.05) is 20.2 Å². The second-order valence-electron chi connectivity index (χ2n) is 6.04. The number of halogens is 2. The van der Waals surface area contributed by atoms with Crippen LogP contribution in [0.25, 0.3) is 11.4 Å². The monoisotopic (exact) mass is 436 g/mol. The number of para-hydroxylation sites is 1. The molecule has 0 bridgehead atoms. The molecule has 0 aliphatic rings. The van der Waals surface area contributed by atoms with Crippen molar-refractivity contribution in [3.63, 3.8) is 0 Å². The number of benzene rings is 2. The zero-order valence-corrected chi connectivity index (χ0v) is 17.4. The van der Waals surface area contributed by atoms with Gasteiger partial charge in [-0.2, -0.15) is 5.10 Å². The molecule has 6 nitrogen and oxygen atoms in total. The summed E-state index contributed by atoms with van der Waals surface area (Å²) >= 11 is 17.3. The first-order valence-electron chi connectivity index (χ1n) is 8.48. The second-order valence-corrected chi connectivity index (χ2v) is 7.27. The first-order valence-corrected chi connectivity index (χ1v) is 9.64. The predicted molar refractivity (Wildman–Crippen MR) is 112 cm³/mol. The number of nitrogens with one attached hydrogen (secondary N) is 1. The summed E-state index contributed by atoms with van der Waals surface area (Å²) in [6, 6.07) is 14.4. The molecule has 146 valence electrons. The minimum atomic E-state index is -0.115. The van der Waals surface area contributed by atoms with E-state index in [0.717, 1.165) is 5.56 Å². The number of nitrogens with zero attached hydrogens (tertiary/aromatic N) is 3. The van der Waals surface area contributed by atoms with E-state index in [4.69, 9.17) is 40.2 Å². The van der Waals surface area contributed by atoms with Gasteiger partial charge in [-0.3, -0.25) is 14.5 Å². The van der Waals surface area contributed by atoms with Crippen LogP contribution in [-0.2, 0) is 11.3 Å². The Bertz CT molecular complexity index is 1020. The van der Waals surface area contributed by atoms with Gasteiger partial charge in [0, 0.05) is 17.6 Å². The van der Waals surface area contributed by atoms with Crippen LogP contribution in [0.4, 0.5) is 0 Å². The summed E-state index contributed by atoms with van der Waals surface area (Å²) in [5.41, 5.74) is 0.814. The molecule has 3 aromatic rings.